The predicted octanol–water partition coefficient (Wildman–Crippen LogP) is 2.66. The number of carbonyl (C=O) groups is 1. The van der Waals surface area contributed by atoms with Gasteiger partial charge in [-0.25, -0.2) is 8.42 Å². The van der Waals surface area contributed by atoms with Gasteiger partial charge in [0.15, 0.2) is 6.10 Å². The second kappa shape index (κ2) is 8.65. The lowest BCUT2D eigenvalue weighted by Gasteiger charge is -2.34. The summed E-state index contributed by atoms with van der Waals surface area (Å²) in [4.78, 5) is 12.6. The van der Waals surface area contributed by atoms with Crippen molar-refractivity contribution >= 4 is 21.6 Å². The quantitative estimate of drug-likeness (QED) is 0.723. The molecule has 0 radical (unpaired) electrons. The van der Waals surface area contributed by atoms with E-state index in [0.29, 0.717) is 18.0 Å². The SMILES string of the molecule is CCS(=O)(=O)N1C[C@H](C(=O)NCCCc2ccc(C)cc2)Oc2ccccc21. The van der Waals surface area contributed by atoms with E-state index in [1.807, 2.05) is 6.92 Å². The maximum atomic E-state index is 12.6. The first-order chi connectivity index (χ1) is 13.4. The lowest BCUT2D eigenvalue weighted by molar-refractivity contribution is -0.127. The zero-order chi connectivity index (χ0) is 20.1. The van der Waals surface area contributed by atoms with Gasteiger partial charge >= 0.3 is 0 Å². The first-order valence-electron chi connectivity index (χ1n) is 9.50. The van der Waals surface area contributed by atoms with Crippen LogP contribution in [-0.4, -0.2) is 39.3 Å². The van der Waals surface area contributed by atoms with E-state index in [4.69, 9.17) is 4.74 Å². The summed E-state index contributed by atoms with van der Waals surface area (Å²) in [5.74, 6) is 0.0759. The van der Waals surface area contributed by atoms with E-state index in [0.717, 1.165) is 12.8 Å². The molecule has 6 nitrogen and oxygen atoms in total. The minimum Gasteiger partial charge on any atom is -0.476 e. The number of fused-ring (bicyclic) bond motifs is 1. The van der Waals surface area contributed by atoms with Crippen LogP contribution in [0.2, 0.25) is 0 Å². The van der Waals surface area contributed by atoms with Crippen molar-refractivity contribution in [2.75, 3.05) is 23.1 Å². The summed E-state index contributed by atoms with van der Waals surface area (Å²) in [7, 11) is -3.49. The summed E-state index contributed by atoms with van der Waals surface area (Å²) in [6.45, 7) is 4.13. The van der Waals surface area contributed by atoms with Gasteiger partial charge in [0.2, 0.25) is 10.0 Å². The van der Waals surface area contributed by atoms with Crippen LogP contribution in [0.5, 0.6) is 5.75 Å². The van der Waals surface area contributed by atoms with Crippen LogP contribution >= 0.6 is 0 Å². The van der Waals surface area contributed by atoms with Crippen LogP contribution in [-0.2, 0) is 21.2 Å². The molecule has 1 atom stereocenters. The fourth-order valence-corrected chi connectivity index (χ4v) is 4.26. The summed E-state index contributed by atoms with van der Waals surface area (Å²) in [5.41, 5.74) is 2.93. The third-order valence-electron chi connectivity index (χ3n) is 4.79. The second-order valence-electron chi connectivity index (χ2n) is 6.89. The third kappa shape index (κ3) is 4.65. The Labute approximate surface area is 166 Å². The normalized spacial score (nSPS) is 16.2. The van der Waals surface area contributed by atoms with Gasteiger partial charge < -0.3 is 10.1 Å². The number of hydrogen-bond acceptors (Lipinski definition) is 4. The first-order valence-corrected chi connectivity index (χ1v) is 11.1. The fraction of sp³-hybridized carbons (Fsp3) is 0.381. The molecule has 3 rings (SSSR count). The van der Waals surface area contributed by atoms with E-state index in [2.05, 4.69) is 29.6 Å². The van der Waals surface area contributed by atoms with E-state index in [9.17, 15) is 13.2 Å². The van der Waals surface area contributed by atoms with Crippen molar-refractivity contribution in [3.8, 4) is 5.75 Å². The highest BCUT2D eigenvalue weighted by Crippen LogP contribution is 2.35. The van der Waals surface area contributed by atoms with Gasteiger partial charge in [0.05, 0.1) is 18.0 Å². The summed E-state index contributed by atoms with van der Waals surface area (Å²) < 4.78 is 32.0. The Bertz CT molecular complexity index is 926. The van der Waals surface area contributed by atoms with Gasteiger partial charge in [-0.1, -0.05) is 42.0 Å². The zero-order valence-corrected chi connectivity index (χ0v) is 17.0. The summed E-state index contributed by atoms with van der Waals surface area (Å²) >= 11 is 0. The van der Waals surface area contributed by atoms with Crippen molar-refractivity contribution in [3.05, 3.63) is 59.7 Å². The number of carbonyl (C=O) groups excluding carboxylic acids is 1. The molecule has 28 heavy (non-hydrogen) atoms. The van der Waals surface area contributed by atoms with Crippen LogP contribution in [0, 0.1) is 6.92 Å². The first kappa shape index (κ1) is 20.2. The molecule has 7 heteroatoms. The van der Waals surface area contributed by atoms with Crippen LogP contribution in [0.25, 0.3) is 0 Å². The van der Waals surface area contributed by atoms with Gasteiger partial charge in [-0.2, -0.15) is 0 Å². The molecule has 150 valence electrons. The van der Waals surface area contributed by atoms with E-state index in [1.165, 1.54) is 15.4 Å². The van der Waals surface area contributed by atoms with Crippen LogP contribution < -0.4 is 14.4 Å². The van der Waals surface area contributed by atoms with Gasteiger partial charge in [0.25, 0.3) is 5.91 Å². The number of hydrogen-bond donors (Lipinski definition) is 1. The number of anilines is 1. The van der Waals surface area contributed by atoms with E-state index >= 15 is 0 Å². The molecule has 1 N–H and O–H groups in total. The molecule has 1 heterocycles. The van der Waals surface area contributed by atoms with Crippen molar-refractivity contribution in [1.29, 1.82) is 0 Å². The minimum atomic E-state index is -3.49. The van der Waals surface area contributed by atoms with Gasteiger partial charge in [-0.05, 0) is 44.4 Å². The number of nitrogens with one attached hydrogen (secondary N) is 1. The zero-order valence-electron chi connectivity index (χ0n) is 16.2. The van der Waals surface area contributed by atoms with Crippen LogP contribution in [0.4, 0.5) is 5.69 Å². The van der Waals surface area contributed by atoms with Crippen molar-refractivity contribution < 1.29 is 17.9 Å². The van der Waals surface area contributed by atoms with Crippen LogP contribution in [0.15, 0.2) is 48.5 Å². The Balaban J connectivity index is 1.60. The Kier molecular flexibility index (Phi) is 6.24. The van der Waals surface area contributed by atoms with E-state index < -0.39 is 16.1 Å². The largest absolute Gasteiger partial charge is 0.476 e. The van der Waals surface area contributed by atoms with Gasteiger partial charge in [0.1, 0.15) is 5.75 Å². The number of amides is 1. The van der Waals surface area contributed by atoms with Crippen LogP contribution in [0.3, 0.4) is 0 Å². The van der Waals surface area contributed by atoms with Crippen molar-refractivity contribution in [2.24, 2.45) is 0 Å². The third-order valence-corrected chi connectivity index (χ3v) is 6.54. The summed E-state index contributed by atoms with van der Waals surface area (Å²) in [5, 5.41) is 2.87. The Morgan fingerprint density at radius 2 is 1.89 bits per heavy atom. The molecule has 0 spiro atoms. The maximum Gasteiger partial charge on any atom is 0.263 e. The van der Waals surface area contributed by atoms with Crippen molar-refractivity contribution in [1.82, 2.24) is 5.32 Å². The number of ether oxygens (including phenoxy) is 1. The fourth-order valence-electron chi connectivity index (χ4n) is 3.13. The highest BCUT2D eigenvalue weighted by molar-refractivity contribution is 7.92. The number of aryl methyl sites for hydroxylation is 2. The highest BCUT2D eigenvalue weighted by atomic mass is 32.2. The highest BCUT2D eigenvalue weighted by Gasteiger charge is 2.35. The van der Waals surface area contributed by atoms with E-state index in [-0.39, 0.29) is 18.2 Å². The lowest BCUT2D eigenvalue weighted by Crippen LogP contribution is -2.51. The molecule has 0 fully saturated rings. The van der Waals surface area contributed by atoms with Crippen molar-refractivity contribution in [3.63, 3.8) is 0 Å². The average Bonchev–Trinajstić information content (AvgIpc) is 2.71. The standard InChI is InChI=1S/C21H26N2O4S/c1-3-28(25,26)23-15-20(27-19-9-5-4-8-18(19)23)21(24)22-14-6-7-17-12-10-16(2)11-13-17/h4-5,8-13,20H,3,6-7,14-15H2,1-2H3,(H,22,24)/t20-/m1/s1. The topological polar surface area (TPSA) is 75.7 Å². The minimum absolute atomic E-state index is 0.0169. The molecule has 1 aliphatic heterocycles. The maximum absolute atomic E-state index is 12.6. The molecular formula is C21H26N2O4S. The second-order valence-corrected chi connectivity index (χ2v) is 9.07. The number of para-hydroxylation sites is 2. The molecule has 2 aromatic rings. The number of benzene rings is 2. The van der Waals surface area contributed by atoms with Gasteiger partial charge in [-0.3, -0.25) is 9.10 Å². The van der Waals surface area contributed by atoms with Crippen molar-refractivity contribution in [2.45, 2.75) is 32.8 Å². The van der Waals surface area contributed by atoms with Gasteiger partial charge in [-0.15, -0.1) is 0 Å². The lowest BCUT2D eigenvalue weighted by atomic mass is 10.1. The molecule has 0 saturated carbocycles. The van der Waals surface area contributed by atoms with E-state index in [1.54, 1.807) is 31.2 Å². The molecule has 0 bridgehead atoms. The van der Waals surface area contributed by atoms with Crippen LogP contribution in [0.1, 0.15) is 24.5 Å². The Morgan fingerprint density at radius 3 is 2.61 bits per heavy atom. The predicted molar refractivity (Wildman–Crippen MR) is 110 cm³/mol. The summed E-state index contributed by atoms with van der Waals surface area (Å²) in [6, 6.07) is 15.2. The Morgan fingerprint density at radius 1 is 1.18 bits per heavy atom. The molecule has 0 aromatic heterocycles. The Hall–Kier alpha value is -2.54. The summed E-state index contributed by atoms with van der Waals surface area (Å²) in [6.07, 6.45) is 0.802. The average molecular weight is 403 g/mol. The molecular weight excluding hydrogens is 376 g/mol. The smallest absolute Gasteiger partial charge is 0.263 e. The molecule has 1 amide bonds. The molecule has 0 aliphatic carbocycles. The molecule has 0 saturated heterocycles. The molecule has 1 aliphatic rings. The number of rotatable bonds is 7. The molecule has 0 unspecified atom stereocenters. The monoisotopic (exact) mass is 402 g/mol. The van der Waals surface area contributed by atoms with Gasteiger partial charge in [0, 0.05) is 6.54 Å². The number of nitrogens with zero attached hydrogens (tertiary/aromatic N) is 1. The molecule has 2 aromatic carbocycles. The number of sulfonamides is 1.